The number of nitrogens with one attached hydrogen (secondary N) is 1. The molecule has 9 heteroatoms. The second-order valence-corrected chi connectivity index (χ2v) is 7.42. The van der Waals surface area contributed by atoms with Crippen LogP contribution in [-0.2, 0) is 4.79 Å². The average molecular weight is 468 g/mol. The number of hydrogen-bond acceptors (Lipinski definition) is 5. The topological polar surface area (TPSA) is 154 Å². The van der Waals surface area contributed by atoms with Gasteiger partial charge in [-0.1, -0.05) is 60.7 Å². The minimum absolute atomic E-state index is 0. The second kappa shape index (κ2) is 11.2. The van der Waals surface area contributed by atoms with E-state index in [0.29, 0.717) is 0 Å². The largest absolute Gasteiger partial charge is 0.370 e. The van der Waals surface area contributed by atoms with Crippen molar-refractivity contribution in [3.8, 4) is 0 Å². The Labute approximate surface area is 197 Å². The summed E-state index contributed by atoms with van der Waals surface area (Å²) in [7, 11) is 0. The van der Waals surface area contributed by atoms with Gasteiger partial charge in [-0.25, -0.2) is 0 Å². The highest BCUT2D eigenvalue weighted by Gasteiger charge is 2.42. The van der Waals surface area contributed by atoms with Gasteiger partial charge < -0.3 is 17.2 Å². The Kier molecular flexibility index (Phi) is 8.67. The molecule has 0 aliphatic rings. The molecule has 0 fully saturated rings. The first-order valence-electron chi connectivity index (χ1n) is 10.1. The molecule has 0 spiro atoms. The molecule has 0 heterocycles. The summed E-state index contributed by atoms with van der Waals surface area (Å²) in [5.74, 6) is -2.21. The second-order valence-electron chi connectivity index (χ2n) is 7.42. The van der Waals surface area contributed by atoms with Crippen LogP contribution in [0.4, 0.5) is 0 Å². The molecule has 1 atom stereocenters. The minimum Gasteiger partial charge on any atom is -0.370 e. The summed E-state index contributed by atoms with van der Waals surface area (Å²) in [5, 5.41) is 4.10. The van der Waals surface area contributed by atoms with E-state index in [4.69, 9.17) is 17.2 Å². The minimum atomic E-state index is -1.97. The number of nitrogens with zero attached hydrogens (tertiary/aromatic N) is 1. The van der Waals surface area contributed by atoms with Gasteiger partial charge in [-0.3, -0.25) is 24.7 Å². The van der Waals surface area contributed by atoms with Gasteiger partial charge in [-0.15, -0.1) is 12.4 Å². The normalized spacial score (nSPS) is 12.2. The third kappa shape index (κ3) is 6.15. The Morgan fingerprint density at radius 2 is 1.48 bits per heavy atom. The number of nitrogens with two attached hydrogens (primary N) is 3. The number of ketones is 1. The number of guanidine groups is 1. The lowest BCUT2D eigenvalue weighted by atomic mass is 9.84. The number of fused-ring (bicyclic) bond motifs is 1. The molecular formula is C24H26ClN5O3. The van der Waals surface area contributed by atoms with Gasteiger partial charge in [0.1, 0.15) is 0 Å². The van der Waals surface area contributed by atoms with E-state index in [2.05, 4.69) is 10.3 Å². The Bertz CT molecular complexity index is 1180. The van der Waals surface area contributed by atoms with Crippen LogP contribution in [-0.4, -0.2) is 35.6 Å². The van der Waals surface area contributed by atoms with Crippen LogP contribution < -0.4 is 22.5 Å². The third-order valence-corrected chi connectivity index (χ3v) is 5.11. The van der Waals surface area contributed by atoms with E-state index < -0.39 is 23.1 Å². The first kappa shape index (κ1) is 25.5. The van der Waals surface area contributed by atoms with Crippen molar-refractivity contribution in [1.82, 2.24) is 5.32 Å². The summed E-state index contributed by atoms with van der Waals surface area (Å²) in [6, 6.07) is 20.8. The summed E-state index contributed by atoms with van der Waals surface area (Å²) in [6.07, 6.45) is 0.221. The van der Waals surface area contributed by atoms with Gasteiger partial charge in [0.2, 0.25) is 0 Å². The Morgan fingerprint density at radius 3 is 2.15 bits per heavy atom. The number of hydrogen-bond donors (Lipinski definition) is 4. The number of carbonyl (C=O) groups excluding carboxylic acids is 3. The fourth-order valence-corrected chi connectivity index (χ4v) is 3.36. The number of benzene rings is 3. The van der Waals surface area contributed by atoms with E-state index in [1.165, 1.54) is 0 Å². The lowest BCUT2D eigenvalue weighted by molar-refractivity contribution is -0.124. The zero-order valence-corrected chi connectivity index (χ0v) is 18.7. The smallest absolute Gasteiger partial charge is 0.257 e. The molecule has 0 bridgehead atoms. The molecule has 0 saturated heterocycles. The first-order valence-corrected chi connectivity index (χ1v) is 10.1. The van der Waals surface area contributed by atoms with Gasteiger partial charge in [0.15, 0.2) is 17.3 Å². The van der Waals surface area contributed by atoms with E-state index in [0.717, 1.165) is 10.8 Å². The SMILES string of the molecule is Cl.NC(N)=NCCC[C@](N)(C(=O)NC(=O)c1ccc2ccccc2c1)C(=O)c1ccccc1. The molecule has 0 aliphatic carbocycles. The summed E-state index contributed by atoms with van der Waals surface area (Å²) >= 11 is 0. The van der Waals surface area contributed by atoms with Crippen LogP contribution in [0.5, 0.6) is 0 Å². The molecule has 0 aliphatic heterocycles. The maximum Gasteiger partial charge on any atom is 0.257 e. The van der Waals surface area contributed by atoms with E-state index in [1.54, 1.807) is 48.5 Å². The molecule has 0 radical (unpaired) electrons. The number of rotatable bonds is 8. The van der Waals surface area contributed by atoms with Crippen LogP contribution in [0.3, 0.4) is 0 Å². The van der Waals surface area contributed by atoms with Crippen LogP contribution in [0, 0.1) is 0 Å². The lowest BCUT2D eigenvalue weighted by Gasteiger charge is -2.26. The zero-order chi connectivity index (χ0) is 23.1. The van der Waals surface area contributed by atoms with E-state index in [-0.39, 0.29) is 48.9 Å². The highest BCUT2D eigenvalue weighted by Crippen LogP contribution is 2.19. The molecule has 0 saturated carbocycles. The standard InChI is InChI=1S/C24H25N5O3.ClH/c25-23(26)28-14-6-13-24(27,20(30)17-8-2-1-3-9-17)22(32)29-21(31)19-12-11-16-7-4-5-10-18(16)15-19;/h1-5,7-12,15H,6,13-14,27H2,(H4,25,26,28)(H,29,31,32);1H/t24-;/m1./s1. The van der Waals surface area contributed by atoms with Crippen molar-refractivity contribution in [1.29, 1.82) is 0 Å². The fraction of sp³-hybridized carbons (Fsp3) is 0.167. The molecule has 3 rings (SSSR count). The zero-order valence-electron chi connectivity index (χ0n) is 17.9. The molecule has 2 amide bonds. The van der Waals surface area contributed by atoms with E-state index in [1.807, 2.05) is 24.3 Å². The molecule has 33 heavy (non-hydrogen) atoms. The number of amides is 2. The highest BCUT2D eigenvalue weighted by atomic mass is 35.5. The van der Waals surface area contributed by atoms with Gasteiger partial charge in [-0.2, -0.15) is 0 Å². The van der Waals surface area contributed by atoms with Gasteiger partial charge in [0.25, 0.3) is 11.8 Å². The van der Waals surface area contributed by atoms with Crippen LogP contribution >= 0.6 is 12.4 Å². The molecule has 3 aromatic carbocycles. The lowest BCUT2D eigenvalue weighted by Crippen LogP contribution is -2.60. The number of aliphatic imine (C=N–C) groups is 1. The quantitative estimate of drug-likeness (QED) is 0.131. The monoisotopic (exact) mass is 467 g/mol. The van der Waals surface area contributed by atoms with Gasteiger partial charge in [0, 0.05) is 17.7 Å². The molecule has 3 aromatic rings. The molecule has 8 nitrogen and oxygen atoms in total. The number of carbonyl (C=O) groups is 3. The Hall–Kier alpha value is -3.75. The van der Waals surface area contributed by atoms with Gasteiger partial charge in [-0.05, 0) is 35.7 Å². The van der Waals surface area contributed by atoms with Crippen molar-refractivity contribution in [3.63, 3.8) is 0 Å². The van der Waals surface area contributed by atoms with Gasteiger partial charge in [0.05, 0.1) is 0 Å². The van der Waals surface area contributed by atoms with Crippen LogP contribution in [0.15, 0.2) is 77.8 Å². The predicted octanol–water partition coefficient (Wildman–Crippen LogP) is 2.15. The summed E-state index contributed by atoms with van der Waals surface area (Å²) < 4.78 is 0. The van der Waals surface area contributed by atoms with E-state index >= 15 is 0 Å². The third-order valence-electron chi connectivity index (χ3n) is 5.11. The van der Waals surface area contributed by atoms with Crippen molar-refractivity contribution in [2.75, 3.05) is 6.54 Å². The number of imide groups is 1. The van der Waals surface area contributed by atoms with Crippen molar-refractivity contribution < 1.29 is 14.4 Å². The molecule has 172 valence electrons. The molecule has 0 aromatic heterocycles. The van der Waals surface area contributed by atoms with Crippen molar-refractivity contribution in [3.05, 3.63) is 83.9 Å². The first-order chi connectivity index (χ1) is 15.3. The van der Waals surface area contributed by atoms with Crippen LogP contribution in [0.1, 0.15) is 33.6 Å². The molecule has 7 N–H and O–H groups in total. The molecular weight excluding hydrogens is 442 g/mol. The summed E-state index contributed by atoms with van der Waals surface area (Å²) in [5.41, 5.74) is 15.6. The number of halogens is 1. The van der Waals surface area contributed by atoms with Crippen molar-refractivity contribution in [2.24, 2.45) is 22.2 Å². The maximum atomic E-state index is 13.1. The Morgan fingerprint density at radius 1 is 0.848 bits per heavy atom. The fourth-order valence-electron chi connectivity index (χ4n) is 3.36. The summed E-state index contributed by atoms with van der Waals surface area (Å²) in [4.78, 5) is 42.9. The summed E-state index contributed by atoms with van der Waals surface area (Å²) in [6.45, 7) is 0.190. The average Bonchev–Trinajstić information content (AvgIpc) is 2.81. The van der Waals surface area contributed by atoms with Crippen LogP contribution in [0.25, 0.3) is 10.8 Å². The van der Waals surface area contributed by atoms with Crippen LogP contribution in [0.2, 0.25) is 0 Å². The van der Waals surface area contributed by atoms with E-state index in [9.17, 15) is 14.4 Å². The highest BCUT2D eigenvalue weighted by molar-refractivity contribution is 6.21. The van der Waals surface area contributed by atoms with Crippen molar-refractivity contribution >= 4 is 46.7 Å². The predicted molar refractivity (Wildman–Crippen MR) is 131 cm³/mol. The van der Waals surface area contributed by atoms with Gasteiger partial charge >= 0.3 is 0 Å². The van der Waals surface area contributed by atoms with Crippen molar-refractivity contribution in [2.45, 2.75) is 18.4 Å². The maximum absolute atomic E-state index is 13.1. The molecule has 0 unspecified atom stereocenters. The Balaban J connectivity index is 0.00000385. The number of Topliss-reactive ketones (excluding diaryl/α,β-unsaturated/α-hetero) is 1.